The van der Waals surface area contributed by atoms with Crippen LogP contribution in [0.25, 0.3) is 0 Å². The van der Waals surface area contributed by atoms with Crippen LogP contribution in [0.5, 0.6) is 11.5 Å². The highest BCUT2D eigenvalue weighted by atomic mass is 16.5. The van der Waals surface area contributed by atoms with Crippen molar-refractivity contribution in [2.45, 2.75) is 0 Å². The van der Waals surface area contributed by atoms with Crippen LogP contribution in [0.15, 0.2) is 41.6 Å². The number of benzene rings is 1. The normalized spacial score (nSPS) is 10.5. The maximum Gasteiger partial charge on any atom is 0.271 e. The Balaban J connectivity index is 2.05. The molecule has 0 unspecified atom stereocenters. The molecule has 2 aromatic rings. The van der Waals surface area contributed by atoms with Crippen molar-refractivity contribution in [1.82, 2.24) is 10.4 Å². The Morgan fingerprint density at radius 3 is 2.70 bits per heavy atom. The van der Waals surface area contributed by atoms with Crippen molar-refractivity contribution in [1.29, 1.82) is 0 Å². The predicted octanol–water partition coefficient (Wildman–Crippen LogP) is 1.80. The van der Waals surface area contributed by atoms with Crippen LogP contribution >= 0.6 is 0 Å². The molecule has 0 spiro atoms. The molecule has 20 heavy (non-hydrogen) atoms. The van der Waals surface area contributed by atoms with Crippen LogP contribution in [0.3, 0.4) is 0 Å². The second-order valence-corrected chi connectivity index (χ2v) is 3.89. The number of ether oxygens (including phenoxy) is 2. The van der Waals surface area contributed by atoms with Crippen LogP contribution in [0, 0.1) is 0 Å². The molecule has 0 atom stereocenters. The smallest absolute Gasteiger partial charge is 0.271 e. The summed E-state index contributed by atoms with van der Waals surface area (Å²) in [4.78, 5) is 14.9. The molecule has 0 aliphatic carbocycles. The van der Waals surface area contributed by atoms with Gasteiger partial charge < -0.3 is 14.5 Å². The highest BCUT2D eigenvalue weighted by Gasteiger charge is 2.09. The van der Waals surface area contributed by atoms with Gasteiger partial charge >= 0.3 is 0 Å². The number of nitrogens with one attached hydrogen (secondary N) is 2. The highest BCUT2D eigenvalue weighted by molar-refractivity contribution is 5.95. The number of aromatic nitrogens is 1. The Labute approximate surface area is 116 Å². The third-order valence-corrected chi connectivity index (χ3v) is 2.64. The van der Waals surface area contributed by atoms with Gasteiger partial charge in [-0.2, -0.15) is 5.10 Å². The summed E-state index contributed by atoms with van der Waals surface area (Å²) in [6.45, 7) is 0. The second-order valence-electron chi connectivity index (χ2n) is 3.89. The van der Waals surface area contributed by atoms with E-state index in [1.165, 1.54) is 20.4 Å². The van der Waals surface area contributed by atoms with Crippen LogP contribution in [0.4, 0.5) is 0 Å². The third kappa shape index (κ3) is 3.17. The molecule has 0 fully saturated rings. The van der Waals surface area contributed by atoms with Gasteiger partial charge in [0, 0.05) is 11.8 Å². The fraction of sp³-hybridized carbons (Fsp3) is 0.143. The predicted molar refractivity (Wildman–Crippen MR) is 75.4 cm³/mol. The average Bonchev–Trinajstić information content (AvgIpc) is 2.99. The Hall–Kier alpha value is -2.76. The number of hydrogen-bond donors (Lipinski definition) is 2. The van der Waals surface area contributed by atoms with E-state index >= 15 is 0 Å². The van der Waals surface area contributed by atoms with E-state index in [-0.39, 0.29) is 5.91 Å². The molecule has 0 saturated heterocycles. The van der Waals surface area contributed by atoms with Crippen LogP contribution in [-0.2, 0) is 0 Å². The molecule has 0 aliphatic heterocycles. The molecule has 0 radical (unpaired) electrons. The molecule has 1 amide bonds. The Bertz CT molecular complexity index is 606. The van der Waals surface area contributed by atoms with Gasteiger partial charge in [0.25, 0.3) is 5.91 Å². The SMILES string of the molecule is COc1ccc(C(=O)NN=Cc2ccc[nH]2)cc1OC. The van der Waals surface area contributed by atoms with E-state index in [2.05, 4.69) is 15.5 Å². The van der Waals surface area contributed by atoms with Gasteiger partial charge in [0.05, 0.1) is 26.1 Å². The quantitative estimate of drug-likeness (QED) is 0.644. The summed E-state index contributed by atoms with van der Waals surface area (Å²) >= 11 is 0. The first-order valence-corrected chi connectivity index (χ1v) is 5.93. The fourth-order valence-electron chi connectivity index (χ4n) is 1.63. The fourth-order valence-corrected chi connectivity index (χ4v) is 1.63. The van der Waals surface area contributed by atoms with E-state index in [9.17, 15) is 4.79 Å². The Morgan fingerprint density at radius 1 is 1.25 bits per heavy atom. The Morgan fingerprint density at radius 2 is 2.05 bits per heavy atom. The number of rotatable bonds is 5. The van der Waals surface area contributed by atoms with E-state index in [0.29, 0.717) is 17.1 Å². The maximum absolute atomic E-state index is 11.9. The minimum absolute atomic E-state index is 0.325. The van der Waals surface area contributed by atoms with Gasteiger partial charge in [-0.3, -0.25) is 4.79 Å². The summed E-state index contributed by atoms with van der Waals surface area (Å²) in [5, 5.41) is 3.86. The lowest BCUT2D eigenvalue weighted by Crippen LogP contribution is -2.17. The van der Waals surface area contributed by atoms with E-state index in [4.69, 9.17) is 9.47 Å². The minimum Gasteiger partial charge on any atom is -0.493 e. The lowest BCUT2D eigenvalue weighted by molar-refractivity contribution is 0.0954. The molecule has 104 valence electrons. The summed E-state index contributed by atoms with van der Waals surface area (Å²) < 4.78 is 10.3. The number of hydrazone groups is 1. The number of carbonyl (C=O) groups excluding carboxylic acids is 1. The number of carbonyl (C=O) groups is 1. The molecule has 0 saturated carbocycles. The minimum atomic E-state index is -0.325. The largest absolute Gasteiger partial charge is 0.493 e. The molecule has 0 aliphatic rings. The molecule has 2 N–H and O–H groups in total. The van der Waals surface area contributed by atoms with Crippen molar-refractivity contribution in [3.05, 3.63) is 47.8 Å². The zero-order chi connectivity index (χ0) is 14.4. The summed E-state index contributed by atoms with van der Waals surface area (Å²) in [7, 11) is 3.06. The molecule has 6 heteroatoms. The highest BCUT2D eigenvalue weighted by Crippen LogP contribution is 2.27. The van der Waals surface area contributed by atoms with E-state index in [0.717, 1.165) is 5.69 Å². The lowest BCUT2D eigenvalue weighted by atomic mass is 10.2. The number of nitrogens with zero attached hydrogens (tertiary/aromatic N) is 1. The van der Waals surface area contributed by atoms with E-state index < -0.39 is 0 Å². The van der Waals surface area contributed by atoms with Gasteiger partial charge in [0.15, 0.2) is 11.5 Å². The van der Waals surface area contributed by atoms with Crippen molar-refractivity contribution in [3.63, 3.8) is 0 Å². The molecular formula is C14H15N3O3. The maximum atomic E-state index is 11.9. The Kier molecular flexibility index (Phi) is 4.39. The molecular weight excluding hydrogens is 258 g/mol. The van der Waals surface area contributed by atoms with Crippen LogP contribution in [-0.4, -0.2) is 31.3 Å². The molecule has 1 aromatic heterocycles. The monoisotopic (exact) mass is 273 g/mol. The zero-order valence-corrected chi connectivity index (χ0v) is 11.2. The molecule has 6 nitrogen and oxygen atoms in total. The van der Waals surface area contributed by atoms with Crippen molar-refractivity contribution in [3.8, 4) is 11.5 Å². The first-order chi connectivity index (χ1) is 9.74. The molecule has 2 rings (SSSR count). The number of H-pyrrole nitrogens is 1. The second kappa shape index (κ2) is 6.42. The van der Waals surface area contributed by atoms with Crippen molar-refractivity contribution >= 4 is 12.1 Å². The average molecular weight is 273 g/mol. The van der Waals surface area contributed by atoms with Gasteiger partial charge in [0.1, 0.15) is 0 Å². The first kappa shape index (κ1) is 13.7. The first-order valence-electron chi connectivity index (χ1n) is 5.93. The van der Waals surface area contributed by atoms with Crippen LogP contribution < -0.4 is 14.9 Å². The van der Waals surface area contributed by atoms with Crippen molar-refractivity contribution in [2.24, 2.45) is 5.10 Å². The number of hydrogen-bond acceptors (Lipinski definition) is 4. The standard InChI is InChI=1S/C14H15N3O3/c1-19-12-6-5-10(8-13(12)20-2)14(18)17-16-9-11-4-3-7-15-11/h3-9,15H,1-2H3,(H,17,18). The zero-order valence-electron chi connectivity index (χ0n) is 11.2. The topological polar surface area (TPSA) is 75.7 Å². The van der Waals surface area contributed by atoms with Gasteiger partial charge in [-0.25, -0.2) is 5.43 Å². The van der Waals surface area contributed by atoms with Gasteiger partial charge in [-0.15, -0.1) is 0 Å². The summed E-state index contributed by atoms with van der Waals surface area (Å²) in [6, 6.07) is 8.59. The number of aromatic amines is 1. The summed E-state index contributed by atoms with van der Waals surface area (Å²) in [5.41, 5.74) is 3.68. The van der Waals surface area contributed by atoms with Crippen LogP contribution in [0.2, 0.25) is 0 Å². The summed E-state index contributed by atoms with van der Waals surface area (Å²) in [5.74, 6) is 0.737. The van der Waals surface area contributed by atoms with Gasteiger partial charge in [-0.1, -0.05) is 0 Å². The van der Waals surface area contributed by atoms with Crippen molar-refractivity contribution in [2.75, 3.05) is 14.2 Å². The molecule has 1 aromatic carbocycles. The van der Waals surface area contributed by atoms with E-state index in [1.54, 1.807) is 24.4 Å². The van der Waals surface area contributed by atoms with Gasteiger partial charge in [-0.05, 0) is 30.3 Å². The van der Waals surface area contributed by atoms with Gasteiger partial charge in [0.2, 0.25) is 0 Å². The lowest BCUT2D eigenvalue weighted by Gasteiger charge is -2.08. The van der Waals surface area contributed by atoms with E-state index in [1.807, 2.05) is 12.1 Å². The van der Waals surface area contributed by atoms with Crippen molar-refractivity contribution < 1.29 is 14.3 Å². The number of amides is 1. The molecule has 1 heterocycles. The summed E-state index contributed by atoms with van der Waals surface area (Å²) in [6.07, 6.45) is 3.30. The molecule has 0 bridgehead atoms. The number of methoxy groups -OCH3 is 2. The van der Waals surface area contributed by atoms with Crippen LogP contribution in [0.1, 0.15) is 16.1 Å². The third-order valence-electron chi connectivity index (χ3n) is 2.64.